The maximum Gasteiger partial charge on any atom is 0.169 e. The molecule has 0 bridgehead atoms. The molecule has 0 aromatic heterocycles. The van der Waals surface area contributed by atoms with Gasteiger partial charge in [0, 0.05) is 19.8 Å². The Morgan fingerprint density at radius 2 is 1.68 bits per heavy atom. The summed E-state index contributed by atoms with van der Waals surface area (Å²) in [5, 5.41) is 12.9. The molecule has 1 aromatic rings. The Hall–Kier alpha value is -1.34. The minimum atomic E-state index is -0.329. The molecule has 1 rings (SSSR count). The fraction of sp³-hybridized carbons (Fsp3) is 0.625. The number of benzene rings is 1. The highest BCUT2D eigenvalue weighted by atomic mass is 16.7. The number of hydrogen-bond acceptors (Lipinski definition) is 6. The minimum absolute atomic E-state index is 0.0412. The first kappa shape index (κ1) is 18.7. The third-order valence-corrected chi connectivity index (χ3v) is 3.23. The highest BCUT2D eigenvalue weighted by molar-refractivity contribution is 5.43. The lowest BCUT2D eigenvalue weighted by atomic mass is 10.1. The molecule has 1 atom stereocenters. The van der Waals surface area contributed by atoms with Crippen molar-refractivity contribution in [2.45, 2.75) is 26.2 Å². The van der Waals surface area contributed by atoms with E-state index in [0.29, 0.717) is 31.3 Å². The molecule has 6 heteroatoms. The standard InChI is InChI=1S/C16H27NO5/c1-5-21-16(22-6-2)10-17-13(11-18)12-7-8-14(19-3)15(9-12)20-4/h7-9,13,16-18H,5-6,10-11H2,1-4H3. The van der Waals surface area contributed by atoms with Gasteiger partial charge >= 0.3 is 0 Å². The highest BCUT2D eigenvalue weighted by Gasteiger charge is 2.16. The minimum Gasteiger partial charge on any atom is -0.493 e. The second-order valence-corrected chi connectivity index (χ2v) is 4.60. The number of rotatable bonds is 11. The first-order valence-corrected chi connectivity index (χ1v) is 7.49. The van der Waals surface area contributed by atoms with Crippen LogP contribution in [-0.4, -0.2) is 52.0 Å². The van der Waals surface area contributed by atoms with Crippen molar-refractivity contribution in [3.8, 4) is 11.5 Å². The summed E-state index contributed by atoms with van der Waals surface area (Å²) in [5.41, 5.74) is 0.909. The molecule has 0 aliphatic heterocycles. The molecule has 0 amide bonds. The van der Waals surface area contributed by atoms with Crippen LogP contribution in [0.15, 0.2) is 18.2 Å². The van der Waals surface area contributed by atoms with Gasteiger partial charge in [0.1, 0.15) is 0 Å². The molecule has 1 unspecified atom stereocenters. The van der Waals surface area contributed by atoms with Crippen LogP contribution in [0.3, 0.4) is 0 Å². The van der Waals surface area contributed by atoms with E-state index < -0.39 is 0 Å². The van der Waals surface area contributed by atoms with E-state index in [4.69, 9.17) is 18.9 Å². The zero-order valence-electron chi connectivity index (χ0n) is 13.8. The first-order chi connectivity index (χ1) is 10.7. The van der Waals surface area contributed by atoms with E-state index in [2.05, 4.69) is 5.32 Å². The Morgan fingerprint density at radius 3 is 2.18 bits per heavy atom. The summed E-state index contributed by atoms with van der Waals surface area (Å²) in [6, 6.07) is 5.33. The van der Waals surface area contributed by atoms with Gasteiger partial charge in [0.2, 0.25) is 0 Å². The quantitative estimate of drug-likeness (QED) is 0.606. The average molecular weight is 313 g/mol. The monoisotopic (exact) mass is 313 g/mol. The average Bonchev–Trinajstić information content (AvgIpc) is 2.55. The van der Waals surface area contributed by atoms with Gasteiger partial charge in [0.15, 0.2) is 17.8 Å². The molecule has 0 saturated carbocycles. The van der Waals surface area contributed by atoms with Crippen LogP contribution in [0.1, 0.15) is 25.5 Å². The fourth-order valence-corrected chi connectivity index (χ4v) is 2.13. The molecule has 0 radical (unpaired) electrons. The summed E-state index contributed by atoms with van der Waals surface area (Å²) in [4.78, 5) is 0. The van der Waals surface area contributed by atoms with E-state index in [1.807, 2.05) is 32.0 Å². The number of nitrogens with one attached hydrogen (secondary N) is 1. The van der Waals surface area contributed by atoms with Gasteiger partial charge in [-0.2, -0.15) is 0 Å². The first-order valence-electron chi connectivity index (χ1n) is 7.49. The number of aliphatic hydroxyl groups excluding tert-OH is 1. The van der Waals surface area contributed by atoms with Crippen molar-refractivity contribution in [3.05, 3.63) is 23.8 Å². The molecule has 1 aromatic carbocycles. The largest absolute Gasteiger partial charge is 0.493 e. The van der Waals surface area contributed by atoms with Crippen molar-refractivity contribution in [2.24, 2.45) is 0 Å². The zero-order chi connectivity index (χ0) is 16.4. The van der Waals surface area contributed by atoms with E-state index in [1.165, 1.54) is 0 Å². The van der Waals surface area contributed by atoms with Crippen molar-refractivity contribution in [1.29, 1.82) is 0 Å². The molecule has 0 heterocycles. The summed E-state index contributed by atoms with van der Waals surface area (Å²) in [5.74, 6) is 1.29. The molecule has 0 aliphatic rings. The van der Waals surface area contributed by atoms with Gasteiger partial charge in [-0.25, -0.2) is 0 Å². The summed E-state index contributed by atoms with van der Waals surface area (Å²) >= 11 is 0. The van der Waals surface area contributed by atoms with Crippen molar-refractivity contribution in [2.75, 3.05) is 40.6 Å². The zero-order valence-corrected chi connectivity index (χ0v) is 13.8. The highest BCUT2D eigenvalue weighted by Crippen LogP contribution is 2.29. The van der Waals surface area contributed by atoms with Gasteiger partial charge in [-0.1, -0.05) is 6.07 Å². The molecule has 0 spiro atoms. The van der Waals surface area contributed by atoms with Crippen LogP contribution in [0.5, 0.6) is 11.5 Å². The van der Waals surface area contributed by atoms with Crippen LogP contribution in [0.25, 0.3) is 0 Å². The van der Waals surface area contributed by atoms with Crippen molar-refractivity contribution in [3.63, 3.8) is 0 Å². The van der Waals surface area contributed by atoms with Crippen molar-refractivity contribution >= 4 is 0 Å². The van der Waals surface area contributed by atoms with E-state index in [0.717, 1.165) is 5.56 Å². The number of hydrogen-bond donors (Lipinski definition) is 2. The lowest BCUT2D eigenvalue weighted by molar-refractivity contribution is -0.134. The third-order valence-electron chi connectivity index (χ3n) is 3.23. The van der Waals surface area contributed by atoms with Crippen LogP contribution in [0.2, 0.25) is 0 Å². The molecular formula is C16H27NO5. The Kier molecular flexibility index (Phi) is 8.84. The SMILES string of the molecule is CCOC(CNC(CO)c1ccc(OC)c(OC)c1)OCC. The Bertz CT molecular complexity index is 421. The Labute approximate surface area is 132 Å². The van der Waals surface area contributed by atoms with Crippen molar-refractivity contribution < 1.29 is 24.1 Å². The maximum absolute atomic E-state index is 9.63. The Balaban J connectivity index is 2.74. The summed E-state index contributed by atoms with van der Waals surface area (Å²) < 4.78 is 21.5. The second kappa shape index (κ2) is 10.4. The molecule has 126 valence electrons. The Morgan fingerprint density at radius 1 is 1.05 bits per heavy atom. The topological polar surface area (TPSA) is 69.2 Å². The van der Waals surface area contributed by atoms with Gasteiger partial charge in [-0.3, -0.25) is 0 Å². The lowest BCUT2D eigenvalue weighted by Crippen LogP contribution is -2.35. The number of methoxy groups -OCH3 is 2. The predicted molar refractivity (Wildman–Crippen MR) is 84.4 cm³/mol. The molecule has 22 heavy (non-hydrogen) atoms. The predicted octanol–water partition coefficient (Wildman–Crippen LogP) is 1.73. The summed E-state index contributed by atoms with van der Waals surface area (Å²) in [7, 11) is 3.18. The molecular weight excluding hydrogens is 286 g/mol. The van der Waals surface area contributed by atoms with Crippen molar-refractivity contribution in [1.82, 2.24) is 5.32 Å². The lowest BCUT2D eigenvalue weighted by Gasteiger charge is -2.22. The molecule has 0 saturated heterocycles. The number of ether oxygens (including phenoxy) is 4. The molecule has 0 aliphatic carbocycles. The smallest absolute Gasteiger partial charge is 0.169 e. The van der Waals surface area contributed by atoms with Crippen LogP contribution in [0, 0.1) is 0 Å². The fourth-order valence-electron chi connectivity index (χ4n) is 2.13. The summed E-state index contributed by atoms with van der Waals surface area (Å²) in [6.45, 7) is 5.44. The van der Waals surface area contributed by atoms with Gasteiger partial charge in [0.25, 0.3) is 0 Å². The van der Waals surface area contributed by atoms with E-state index in [-0.39, 0.29) is 18.9 Å². The van der Waals surface area contributed by atoms with E-state index in [9.17, 15) is 5.11 Å². The summed E-state index contributed by atoms with van der Waals surface area (Å²) in [6.07, 6.45) is -0.329. The van der Waals surface area contributed by atoms with Gasteiger partial charge < -0.3 is 29.4 Å². The van der Waals surface area contributed by atoms with Gasteiger partial charge in [0.05, 0.1) is 26.9 Å². The maximum atomic E-state index is 9.63. The van der Waals surface area contributed by atoms with Crippen LogP contribution in [0.4, 0.5) is 0 Å². The van der Waals surface area contributed by atoms with Gasteiger partial charge in [-0.15, -0.1) is 0 Å². The van der Waals surface area contributed by atoms with Crippen LogP contribution in [-0.2, 0) is 9.47 Å². The second-order valence-electron chi connectivity index (χ2n) is 4.60. The van der Waals surface area contributed by atoms with Gasteiger partial charge in [-0.05, 0) is 31.5 Å². The molecule has 6 nitrogen and oxygen atoms in total. The normalized spacial score (nSPS) is 12.5. The third kappa shape index (κ3) is 5.46. The number of aliphatic hydroxyl groups is 1. The van der Waals surface area contributed by atoms with Crippen LogP contribution < -0.4 is 14.8 Å². The van der Waals surface area contributed by atoms with E-state index in [1.54, 1.807) is 14.2 Å². The molecule has 2 N–H and O–H groups in total. The molecule has 0 fully saturated rings. The van der Waals surface area contributed by atoms with E-state index >= 15 is 0 Å². The van der Waals surface area contributed by atoms with Crippen LogP contribution >= 0.6 is 0 Å².